The average Bonchev–Trinajstić information content (AvgIpc) is 2.42. The number of nitrogens with one attached hydrogen (secondary N) is 1. The van der Waals surface area contributed by atoms with Crippen LogP contribution in [0.2, 0.25) is 0 Å². The maximum absolute atomic E-state index is 13.1. The second kappa shape index (κ2) is 4.94. The van der Waals surface area contributed by atoms with E-state index in [9.17, 15) is 4.39 Å². The molecule has 2 rings (SSSR count). The summed E-state index contributed by atoms with van der Waals surface area (Å²) in [6, 6.07) is 4.57. The Labute approximate surface area is 133 Å². The van der Waals surface area contributed by atoms with Gasteiger partial charge >= 0.3 is 51.4 Å². The van der Waals surface area contributed by atoms with Crippen molar-refractivity contribution in [3.8, 4) is 6.07 Å². The molecule has 0 fully saturated rings. The fraction of sp³-hybridized carbons (Fsp3) is 0. The monoisotopic (exact) mass is 250 g/mol. The SMILES string of the molecule is N#Cc1cc2sc(=S)[nH]c2cc1F.[H-].[K+]. The maximum atomic E-state index is 13.1. The van der Waals surface area contributed by atoms with Gasteiger partial charge in [0, 0.05) is 6.07 Å². The second-order valence-electron chi connectivity index (χ2n) is 2.45. The zero-order valence-electron chi connectivity index (χ0n) is 8.30. The molecule has 0 amide bonds. The van der Waals surface area contributed by atoms with Gasteiger partial charge in [-0.2, -0.15) is 5.26 Å². The van der Waals surface area contributed by atoms with Crippen LogP contribution in [0.25, 0.3) is 10.2 Å². The van der Waals surface area contributed by atoms with Crippen LogP contribution in [0, 0.1) is 21.1 Å². The van der Waals surface area contributed by atoms with E-state index in [0.29, 0.717) is 9.47 Å². The molecule has 0 aliphatic carbocycles. The van der Waals surface area contributed by atoms with Crippen LogP contribution in [-0.4, -0.2) is 4.98 Å². The third kappa shape index (κ3) is 2.31. The first-order chi connectivity index (χ1) is 6.20. The van der Waals surface area contributed by atoms with Crippen LogP contribution in [0.1, 0.15) is 6.99 Å². The molecule has 6 heteroatoms. The van der Waals surface area contributed by atoms with E-state index in [0.717, 1.165) is 4.70 Å². The molecule has 0 atom stereocenters. The first kappa shape index (κ1) is 12.5. The van der Waals surface area contributed by atoms with Crippen molar-refractivity contribution in [1.29, 1.82) is 5.26 Å². The molecule has 0 aliphatic rings. The molecule has 1 aromatic carbocycles. The van der Waals surface area contributed by atoms with Crippen LogP contribution in [0.15, 0.2) is 12.1 Å². The maximum Gasteiger partial charge on any atom is 1.00 e. The van der Waals surface area contributed by atoms with Gasteiger partial charge in [-0.15, -0.1) is 11.3 Å². The van der Waals surface area contributed by atoms with E-state index in [4.69, 9.17) is 17.5 Å². The Morgan fingerprint density at radius 3 is 2.93 bits per heavy atom. The number of fused-ring (bicyclic) bond motifs is 1. The van der Waals surface area contributed by atoms with Crippen LogP contribution in [-0.2, 0) is 0 Å². The Hall–Kier alpha value is 0.386. The Kier molecular flexibility index (Phi) is 4.40. The molecule has 1 aromatic heterocycles. The molecule has 1 N–H and O–H groups in total. The quantitative estimate of drug-likeness (QED) is 0.531. The summed E-state index contributed by atoms with van der Waals surface area (Å²) in [5.41, 5.74) is 0.698. The zero-order valence-corrected chi connectivity index (χ0v) is 12.1. The van der Waals surface area contributed by atoms with Gasteiger partial charge in [-0.3, -0.25) is 0 Å². The van der Waals surface area contributed by atoms with Crippen molar-refractivity contribution in [2.24, 2.45) is 0 Å². The molecule has 0 spiro atoms. The molecule has 2 aromatic rings. The standard InChI is InChI=1S/C8H3FN2S2.K.H/c9-5-2-6-7(1-4(5)3-10)13-8(12)11-6;;/h1-2H,(H,11,12);;/q;+1;-1. The van der Waals surface area contributed by atoms with Gasteiger partial charge in [0.15, 0.2) is 3.95 Å². The van der Waals surface area contributed by atoms with Crippen LogP contribution in [0.4, 0.5) is 4.39 Å². The summed E-state index contributed by atoms with van der Waals surface area (Å²) in [6.45, 7) is 0. The number of H-pyrrole nitrogens is 1. The molecule has 0 saturated heterocycles. The molecule has 0 aliphatic heterocycles. The number of aromatic amines is 1. The fourth-order valence-corrected chi connectivity index (χ4v) is 2.19. The van der Waals surface area contributed by atoms with E-state index < -0.39 is 5.82 Å². The van der Waals surface area contributed by atoms with Crippen LogP contribution in [0.5, 0.6) is 0 Å². The summed E-state index contributed by atoms with van der Waals surface area (Å²) in [6.07, 6.45) is 0. The Morgan fingerprint density at radius 2 is 2.29 bits per heavy atom. The van der Waals surface area contributed by atoms with Gasteiger partial charge < -0.3 is 6.41 Å². The predicted molar refractivity (Wildman–Crippen MR) is 52.8 cm³/mol. The van der Waals surface area contributed by atoms with Crippen molar-refractivity contribution in [2.75, 3.05) is 0 Å². The number of halogens is 1. The fourth-order valence-electron chi connectivity index (χ4n) is 1.06. The van der Waals surface area contributed by atoms with Crippen molar-refractivity contribution in [2.45, 2.75) is 0 Å². The van der Waals surface area contributed by atoms with Gasteiger partial charge in [0.1, 0.15) is 11.9 Å². The summed E-state index contributed by atoms with van der Waals surface area (Å²) in [7, 11) is 0. The van der Waals surface area contributed by atoms with Gasteiger partial charge in [0.25, 0.3) is 0 Å². The Morgan fingerprint density at radius 1 is 1.57 bits per heavy atom. The van der Waals surface area contributed by atoms with Crippen molar-refractivity contribution in [1.82, 2.24) is 4.98 Å². The third-order valence-electron chi connectivity index (χ3n) is 1.63. The number of rotatable bonds is 0. The van der Waals surface area contributed by atoms with Crippen molar-refractivity contribution < 1.29 is 57.2 Å². The number of nitriles is 1. The average molecular weight is 250 g/mol. The second-order valence-corrected chi connectivity index (χ2v) is 4.17. The van der Waals surface area contributed by atoms with E-state index in [-0.39, 0.29) is 58.4 Å². The van der Waals surface area contributed by atoms with Gasteiger partial charge in [-0.25, -0.2) is 4.39 Å². The smallest absolute Gasteiger partial charge is 1.00 e. The van der Waals surface area contributed by atoms with Crippen LogP contribution in [0.3, 0.4) is 0 Å². The van der Waals surface area contributed by atoms with Crippen molar-refractivity contribution in [3.63, 3.8) is 0 Å². The predicted octanol–water partition coefficient (Wildman–Crippen LogP) is 0.0862. The van der Waals surface area contributed by atoms with Crippen LogP contribution < -0.4 is 51.4 Å². The molecule has 1 heterocycles. The van der Waals surface area contributed by atoms with Crippen molar-refractivity contribution in [3.05, 3.63) is 27.5 Å². The molecular formula is C8H4FKN2S2. The van der Waals surface area contributed by atoms with E-state index in [1.54, 1.807) is 6.07 Å². The third-order valence-corrected chi connectivity index (χ3v) is 2.83. The summed E-state index contributed by atoms with van der Waals surface area (Å²) in [4.78, 5) is 2.83. The molecule has 0 unspecified atom stereocenters. The van der Waals surface area contributed by atoms with E-state index in [1.807, 2.05) is 0 Å². The minimum Gasteiger partial charge on any atom is -1.00 e. The molecular weight excluding hydrogens is 246 g/mol. The van der Waals surface area contributed by atoms with Gasteiger partial charge in [-0.1, -0.05) is 0 Å². The van der Waals surface area contributed by atoms with Gasteiger partial charge in [0.2, 0.25) is 0 Å². The molecule has 0 saturated carbocycles. The molecule has 14 heavy (non-hydrogen) atoms. The summed E-state index contributed by atoms with van der Waals surface area (Å²) in [5, 5.41) is 8.56. The zero-order chi connectivity index (χ0) is 9.42. The number of benzene rings is 1. The summed E-state index contributed by atoms with van der Waals surface area (Å²) >= 11 is 6.23. The normalized spacial score (nSPS) is 9.43. The van der Waals surface area contributed by atoms with E-state index in [2.05, 4.69) is 4.98 Å². The first-order valence-electron chi connectivity index (χ1n) is 3.43. The molecule has 66 valence electrons. The minimum absolute atomic E-state index is 0. The van der Waals surface area contributed by atoms with Gasteiger partial charge in [-0.05, 0) is 18.3 Å². The Balaban J connectivity index is 0.000000980. The topological polar surface area (TPSA) is 39.6 Å². The number of nitrogens with zero attached hydrogens (tertiary/aromatic N) is 1. The number of aromatic nitrogens is 1. The molecule has 0 bridgehead atoms. The number of thiazole rings is 1. The van der Waals surface area contributed by atoms with Gasteiger partial charge in [0.05, 0.1) is 15.8 Å². The summed E-state index contributed by atoms with van der Waals surface area (Å²) in [5.74, 6) is -0.515. The minimum atomic E-state index is -0.515. The van der Waals surface area contributed by atoms with E-state index in [1.165, 1.54) is 23.5 Å². The number of hydrogen-bond acceptors (Lipinski definition) is 3. The van der Waals surface area contributed by atoms with E-state index >= 15 is 0 Å². The van der Waals surface area contributed by atoms with Crippen molar-refractivity contribution >= 4 is 33.8 Å². The first-order valence-corrected chi connectivity index (χ1v) is 4.65. The Bertz CT molecular complexity index is 572. The van der Waals surface area contributed by atoms with Crippen LogP contribution >= 0.6 is 23.6 Å². The molecule has 0 radical (unpaired) electrons. The molecule has 2 nitrogen and oxygen atoms in total. The number of hydrogen-bond donors (Lipinski definition) is 1. The summed E-state index contributed by atoms with van der Waals surface area (Å²) < 4.78 is 14.5. The largest absolute Gasteiger partial charge is 1.00 e.